The normalized spacial score (nSPS) is 15.3. The van der Waals surface area contributed by atoms with Gasteiger partial charge in [-0.1, -0.05) is 66.5 Å². The molecule has 1 aliphatic rings. The van der Waals surface area contributed by atoms with Crippen LogP contribution in [-0.2, 0) is 20.7 Å². The number of amides is 1. The fourth-order valence-corrected chi connectivity index (χ4v) is 5.47. The van der Waals surface area contributed by atoms with Crippen LogP contribution in [0.4, 0.5) is 5.69 Å². The van der Waals surface area contributed by atoms with Crippen molar-refractivity contribution in [2.24, 2.45) is 5.41 Å². The number of anilines is 1. The summed E-state index contributed by atoms with van der Waals surface area (Å²) in [5.74, 6) is -0.774. The maximum atomic E-state index is 12.6. The third kappa shape index (κ3) is 6.94. The van der Waals surface area contributed by atoms with Crippen LogP contribution < -0.4 is 10.6 Å². The molecule has 6 nitrogen and oxygen atoms in total. The molecular formula is C26H30Cl2N2O4S. The van der Waals surface area contributed by atoms with Crippen LogP contribution in [0.2, 0.25) is 10.0 Å². The summed E-state index contributed by atoms with van der Waals surface area (Å²) < 4.78 is 10.3. The first kappa shape index (κ1) is 27.4. The summed E-state index contributed by atoms with van der Waals surface area (Å²) in [5.41, 5.74) is 1.54. The highest BCUT2D eigenvalue weighted by molar-refractivity contribution is 7.80. The van der Waals surface area contributed by atoms with Gasteiger partial charge in [-0.3, -0.25) is 4.79 Å². The van der Waals surface area contributed by atoms with Crippen LogP contribution in [0.1, 0.15) is 48.0 Å². The average Bonchev–Trinajstić information content (AvgIpc) is 3.33. The molecule has 1 aliphatic carbocycles. The molecule has 35 heavy (non-hydrogen) atoms. The maximum absolute atomic E-state index is 12.6. The second-order valence-electron chi connectivity index (χ2n) is 8.73. The molecule has 0 aromatic heterocycles. The standard InChI is InChI=1S/C26H30Cl2N2O4S/c1-33-15-14-26(12-3-4-13-26)25(35)30-21(24(32)34-2)16-17-8-10-18(11-9-17)29-23(31)22-19(27)6-5-7-20(22)28/h5-11,21H,3-4,12-16H2,1-2H3,(H,29,31)(H,30,35). The van der Waals surface area contributed by atoms with Crippen LogP contribution in [0.3, 0.4) is 0 Å². The average molecular weight is 538 g/mol. The van der Waals surface area contributed by atoms with E-state index in [1.54, 1.807) is 37.4 Å². The predicted molar refractivity (Wildman–Crippen MR) is 143 cm³/mol. The zero-order valence-electron chi connectivity index (χ0n) is 19.9. The molecular weight excluding hydrogens is 507 g/mol. The van der Waals surface area contributed by atoms with Gasteiger partial charge in [0.05, 0.1) is 27.7 Å². The minimum Gasteiger partial charge on any atom is -0.467 e. The van der Waals surface area contributed by atoms with Gasteiger partial charge in [0.2, 0.25) is 0 Å². The van der Waals surface area contributed by atoms with Crippen molar-refractivity contribution in [3.8, 4) is 0 Å². The zero-order valence-corrected chi connectivity index (χ0v) is 22.2. The first-order valence-corrected chi connectivity index (χ1v) is 12.7. The number of benzene rings is 2. The van der Waals surface area contributed by atoms with Crippen molar-refractivity contribution in [3.63, 3.8) is 0 Å². The first-order valence-electron chi connectivity index (χ1n) is 11.5. The second-order valence-corrected chi connectivity index (χ2v) is 9.95. The summed E-state index contributed by atoms with van der Waals surface area (Å²) in [6.45, 7) is 0.622. The summed E-state index contributed by atoms with van der Waals surface area (Å²) in [7, 11) is 3.06. The van der Waals surface area contributed by atoms with E-state index >= 15 is 0 Å². The summed E-state index contributed by atoms with van der Waals surface area (Å²) >= 11 is 18.0. The van der Waals surface area contributed by atoms with Crippen molar-refractivity contribution in [2.45, 2.75) is 44.6 Å². The lowest BCUT2D eigenvalue weighted by atomic mass is 9.82. The smallest absolute Gasteiger partial charge is 0.328 e. The van der Waals surface area contributed by atoms with E-state index in [0.29, 0.717) is 23.7 Å². The summed E-state index contributed by atoms with van der Waals surface area (Å²) in [5, 5.41) is 6.65. The Morgan fingerprint density at radius 3 is 2.26 bits per heavy atom. The molecule has 0 aliphatic heterocycles. The number of halogens is 2. The first-order chi connectivity index (χ1) is 16.8. The molecule has 1 amide bonds. The maximum Gasteiger partial charge on any atom is 0.328 e. The van der Waals surface area contributed by atoms with Crippen LogP contribution in [0, 0.1) is 5.41 Å². The van der Waals surface area contributed by atoms with Crippen molar-refractivity contribution in [2.75, 3.05) is 26.1 Å². The molecule has 0 saturated heterocycles. The van der Waals surface area contributed by atoms with Gasteiger partial charge in [-0.25, -0.2) is 4.79 Å². The molecule has 2 aromatic carbocycles. The molecule has 9 heteroatoms. The summed E-state index contributed by atoms with van der Waals surface area (Å²) in [6, 6.07) is 11.5. The van der Waals surface area contributed by atoms with E-state index < -0.39 is 11.9 Å². The van der Waals surface area contributed by atoms with Crippen molar-refractivity contribution in [1.29, 1.82) is 0 Å². The second kappa shape index (κ2) is 12.7. The number of methoxy groups -OCH3 is 2. The number of esters is 1. The molecule has 1 saturated carbocycles. The summed E-state index contributed by atoms with van der Waals surface area (Å²) in [6.07, 6.45) is 5.41. The molecule has 188 valence electrons. The van der Waals surface area contributed by atoms with E-state index in [0.717, 1.165) is 37.7 Å². The molecule has 1 atom stereocenters. The van der Waals surface area contributed by atoms with E-state index in [-0.39, 0.29) is 27.0 Å². The number of thiocarbonyl (C=S) groups is 1. The monoisotopic (exact) mass is 536 g/mol. The fraction of sp³-hybridized carbons (Fsp3) is 0.423. The van der Waals surface area contributed by atoms with Crippen molar-refractivity contribution >= 4 is 58.0 Å². The van der Waals surface area contributed by atoms with Gasteiger partial charge >= 0.3 is 5.97 Å². The Labute approximate surface area is 221 Å². The van der Waals surface area contributed by atoms with Crippen molar-refractivity contribution in [3.05, 3.63) is 63.6 Å². The molecule has 2 aromatic rings. The van der Waals surface area contributed by atoms with E-state index in [1.807, 2.05) is 12.1 Å². The van der Waals surface area contributed by atoms with Gasteiger partial charge in [0.15, 0.2) is 0 Å². The molecule has 0 radical (unpaired) electrons. The van der Waals surface area contributed by atoms with Gasteiger partial charge in [0.25, 0.3) is 5.91 Å². The lowest BCUT2D eigenvalue weighted by molar-refractivity contribution is -0.142. The Balaban J connectivity index is 1.68. The fourth-order valence-electron chi connectivity index (χ4n) is 4.45. The van der Waals surface area contributed by atoms with E-state index in [1.165, 1.54) is 7.11 Å². The van der Waals surface area contributed by atoms with Crippen LogP contribution in [0.15, 0.2) is 42.5 Å². The Morgan fingerprint density at radius 1 is 1.06 bits per heavy atom. The largest absolute Gasteiger partial charge is 0.467 e. The van der Waals surface area contributed by atoms with Gasteiger partial charge in [-0.15, -0.1) is 0 Å². The number of carbonyl (C=O) groups is 2. The minimum absolute atomic E-state index is 0.147. The van der Waals surface area contributed by atoms with E-state index in [2.05, 4.69) is 10.6 Å². The number of hydrogen-bond donors (Lipinski definition) is 2. The number of rotatable bonds is 10. The summed E-state index contributed by atoms with van der Waals surface area (Å²) in [4.78, 5) is 25.9. The van der Waals surface area contributed by atoms with Crippen molar-refractivity contribution < 1.29 is 19.1 Å². The molecule has 0 heterocycles. The van der Waals surface area contributed by atoms with Gasteiger partial charge in [0.1, 0.15) is 6.04 Å². The quantitative estimate of drug-likeness (QED) is 0.293. The van der Waals surface area contributed by atoms with Gasteiger partial charge in [0, 0.05) is 31.2 Å². The predicted octanol–water partition coefficient (Wildman–Crippen LogP) is 5.84. The third-order valence-corrected chi connectivity index (χ3v) is 7.64. The number of ether oxygens (including phenoxy) is 2. The SMILES string of the molecule is COCCC1(C(=S)NC(Cc2ccc(NC(=O)c3c(Cl)cccc3Cl)cc2)C(=O)OC)CCCC1. The number of carbonyl (C=O) groups excluding carboxylic acids is 2. The van der Waals surface area contributed by atoms with E-state index in [4.69, 9.17) is 44.9 Å². The Hall–Kier alpha value is -2.19. The van der Waals surface area contributed by atoms with Crippen LogP contribution >= 0.6 is 35.4 Å². The topological polar surface area (TPSA) is 76.7 Å². The van der Waals surface area contributed by atoms with Gasteiger partial charge in [-0.2, -0.15) is 0 Å². The van der Waals surface area contributed by atoms with Crippen molar-refractivity contribution in [1.82, 2.24) is 5.32 Å². The van der Waals surface area contributed by atoms with Gasteiger partial charge in [-0.05, 0) is 49.1 Å². The highest BCUT2D eigenvalue weighted by Gasteiger charge is 2.39. The molecule has 0 bridgehead atoms. The molecule has 0 spiro atoms. The third-order valence-electron chi connectivity index (χ3n) is 6.46. The molecule has 1 fully saturated rings. The van der Waals surface area contributed by atoms with Crippen LogP contribution in [0.25, 0.3) is 0 Å². The van der Waals surface area contributed by atoms with Gasteiger partial charge < -0.3 is 20.1 Å². The van der Waals surface area contributed by atoms with Crippen LogP contribution in [0.5, 0.6) is 0 Å². The zero-order chi connectivity index (χ0) is 25.4. The highest BCUT2D eigenvalue weighted by Crippen LogP contribution is 2.42. The Kier molecular flexibility index (Phi) is 9.92. The number of nitrogens with one attached hydrogen (secondary N) is 2. The van der Waals surface area contributed by atoms with E-state index in [9.17, 15) is 9.59 Å². The molecule has 2 N–H and O–H groups in total. The molecule has 3 rings (SSSR count). The van der Waals surface area contributed by atoms with Crippen LogP contribution in [-0.4, -0.2) is 43.7 Å². The lowest BCUT2D eigenvalue weighted by Crippen LogP contribution is -2.48. The lowest BCUT2D eigenvalue weighted by Gasteiger charge is -2.32. The number of hydrogen-bond acceptors (Lipinski definition) is 5. The Morgan fingerprint density at radius 2 is 1.69 bits per heavy atom. The minimum atomic E-state index is -0.616. The molecule has 1 unspecified atom stereocenters. The Bertz CT molecular complexity index is 1040. The highest BCUT2D eigenvalue weighted by atomic mass is 35.5.